The Bertz CT molecular complexity index is 480. The third kappa shape index (κ3) is 3.70. The Morgan fingerprint density at radius 2 is 1.95 bits per heavy atom. The fourth-order valence-electron chi connectivity index (χ4n) is 2.61. The van der Waals surface area contributed by atoms with E-state index in [2.05, 4.69) is 28.6 Å². The van der Waals surface area contributed by atoms with Crippen molar-refractivity contribution < 1.29 is 9.90 Å². The molecule has 1 aliphatic heterocycles. The van der Waals surface area contributed by atoms with Gasteiger partial charge in [0.15, 0.2) is 0 Å². The lowest BCUT2D eigenvalue weighted by molar-refractivity contribution is 0.0696. The van der Waals surface area contributed by atoms with Crippen molar-refractivity contribution in [3.63, 3.8) is 0 Å². The third-order valence-electron chi connectivity index (χ3n) is 3.51. The second-order valence-corrected chi connectivity index (χ2v) is 5.84. The van der Waals surface area contributed by atoms with E-state index in [1.807, 2.05) is 6.92 Å². The molecule has 0 saturated carbocycles. The molecule has 5 heteroatoms. The summed E-state index contributed by atoms with van der Waals surface area (Å²) in [6, 6.07) is 3.29. The van der Waals surface area contributed by atoms with E-state index in [1.54, 1.807) is 12.1 Å². The summed E-state index contributed by atoms with van der Waals surface area (Å²) in [6.45, 7) is 11.2. The van der Waals surface area contributed by atoms with E-state index in [9.17, 15) is 4.79 Å². The van der Waals surface area contributed by atoms with E-state index < -0.39 is 5.97 Å². The molecule has 0 unspecified atom stereocenters. The number of carbonyl (C=O) groups is 1. The van der Waals surface area contributed by atoms with Crippen LogP contribution in [0.2, 0.25) is 0 Å². The van der Waals surface area contributed by atoms with Crippen LogP contribution in [-0.4, -0.2) is 53.7 Å². The van der Waals surface area contributed by atoms with Gasteiger partial charge in [0.05, 0.1) is 5.56 Å². The number of carboxylic acid groups (broad SMARTS) is 1. The topological polar surface area (TPSA) is 56.7 Å². The van der Waals surface area contributed by atoms with Crippen molar-refractivity contribution in [2.75, 3.05) is 37.6 Å². The van der Waals surface area contributed by atoms with Crippen molar-refractivity contribution in [3.8, 4) is 0 Å². The molecule has 0 spiro atoms. The molecule has 1 aromatic heterocycles. The number of pyridine rings is 1. The van der Waals surface area contributed by atoms with Crippen LogP contribution < -0.4 is 4.90 Å². The number of carboxylic acids is 1. The van der Waals surface area contributed by atoms with Crippen LogP contribution in [0.1, 0.15) is 29.9 Å². The van der Waals surface area contributed by atoms with Crippen molar-refractivity contribution in [1.82, 2.24) is 9.88 Å². The van der Waals surface area contributed by atoms with E-state index in [-0.39, 0.29) is 0 Å². The first-order chi connectivity index (χ1) is 9.45. The van der Waals surface area contributed by atoms with Crippen LogP contribution in [-0.2, 0) is 0 Å². The highest BCUT2D eigenvalue weighted by Gasteiger charge is 2.19. The van der Waals surface area contributed by atoms with Crippen molar-refractivity contribution in [3.05, 3.63) is 23.4 Å². The van der Waals surface area contributed by atoms with Gasteiger partial charge in [0.25, 0.3) is 0 Å². The summed E-state index contributed by atoms with van der Waals surface area (Å²) >= 11 is 0. The van der Waals surface area contributed by atoms with Gasteiger partial charge in [0, 0.05) is 38.4 Å². The first-order valence-corrected chi connectivity index (χ1v) is 7.15. The molecule has 0 aliphatic carbocycles. The number of hydrogen-bond donors (Lipinski definition) is 1. The van der Waals surface area contributed by atoms with E-state index in [0.29, 0.717) is 11.5 Å². The highest BCUT2D eigenvalue weighted by molar-refractivity contribution is 5.88. The van der Waals surface area contributed by atoms with Crippen LogP contribution in [0.5, 0.6) is 0 Å². The van der Waals surface area contributed by atoms with Crippen molar-refractivity contribution in [2.45, 2.75) is 20.8 Å². The molecule has 0 atom stereocenters. The highest BCUT2D eigenvalue weighted by Crippen LogP contribution is 2.17. The van der Waals surface area contributed by atoms with Crippen LogP contribution in [0.4, 0.5) is 5.82 Å². The third-order valence-corrected chi connectivity index (χ3v) is 3.51. The molecule has 0 amide bonds. The lowest BCUT2D eigenvalue weighted by Crippen LogP contribution is -2.47. The zero-order chi connectivity index (χ0) is 14.7. The standard InChI is InChI=1S/C15H23N3O2/c1-11(2)10-17-4-6-18(7-5-17)14-9-13(15(19)20)8-12(3)16-14/h8-9,11H,4-7,10H2,1-3H3,(H,19,20). The average molecular weight is 277 g/mol. The minimum atomic E-state index is -0.893. The molecule has 0 radical (unpaired) electrons. The number of aryl methyl sites for hydroxylation is 1. The number of aromatic nitrogens is 1. The van der Waals surface area contributed by atoms with Crippen LogP contribution >= 0.6 is 0 Å². The number of nitrogens with zero attached hydrogens (tertiary/aromatic N) is 3. The molecule has 1 N–H and O–H groups in total. The Kier molecular flexibility index (Phi) is 4.60. The number of piperazine rings is 1. The van der Waals surface area contributed by atoms with E-state index in [0.717, 1.165) is 44.2 Å². The largest absolute Gasteiger partial charge is 0.478 e. The molecular formula is C15H23N3O2. The molecule has 5 nitrogen and oxygen atoms in total. The van der Waals surface area contributed by atoms with Crippen molar-refractivity contribution >= 4 is 11.8 Å². The van der Waals surface area contributed by atoms with E-state index in [1.165, 1.54) is 0 Å². The molecule has 2 heterocycles. The molecule has 20 heavy (non-hydrogen) atoms. The normalized spacial score (nSPS) is 16.7. The van der Waals surface area contributed by atoms with E-state index >= 15 is 0 Å². The van der Waals surface area contributed by atoms with Gasteiger partial charge in [0.2, 0.25) is 0 Å². The van der Waals surface area contributed by atoms with Crippen LogP contribution in [0.15, 0.2) is 12.1 Å². The summed E-state index contributed by atoms with van der Waals surface area (Å²) < 4.78 is 0. The molecule has 1 aliphatic rings. The predicted molar refractivity (Wildman–Crippen MR) is 79.4 cm³/mol. The zero-order valence-corrected chi connectivity index (χ0v) is 12.5. The number of aromatic carboxylic acids is 1. The zero-order valence-electron chi connectivity index (χ0n) is 12.5. The lowest BCUT2D eigenvalue weighted by Gasteiger charge is -2.36. The maximum absolute atomic E-state index is 11.1. The molecule has 1 aromatic rings. The lowest BCUT2D eigenvalue weighted by atomic mass is 10.2. The van der Waals surface area contributed by atoms with Gasteiger partial charge in [0.1, 0.15) is 5.82 Å². The molecule has 0 bridgehead atoms. The van der Waals surface area contributed by atoms with Crippen molar-refractivity contribution in [2.24, 2.45) is 5.92 Å². The summed E-state index contributed by atoms with van der Waals surface area (Å²) in [6.07, 6.45) is 0. The fourth-order valence-corrected chi connectivity index (χ4v) is 2.61. The smallest absolute Gasteiger partial charge is 0.335 e. The van der Waals surface area contributed by atoms with Crippen LogP contribution in [0.25, 0.3) is 0 Å². The van der Waals surface area contributed by atoms with Gasteiger partial charge in [-0.3, -0.25) is 4.90 Å². The minimum absolute atomic E-state index is 0.317. The summed E-state index contributed by atoms with van der Waals surface area (Å²) in [5.41, 5.74) is 1.07. The SMILES string of the molecule is Cc1cc(C(=O)O)cc(N2CCN(CC(C)C)CC2)n1. The van der Waals surface area contributed by atoms with Gasteiger partial charge in [-0.05, 0) is 25.0 Å². The Hall–Kier alpha value is -1.62. The minimum Gasteiger partial charge on any atom is -0.478 e. The first kappa shape index (κ1) is 14.8. The summed E-state index contributed by atoms with van der Waals surface area (Å²) in [7, 11) is 0. The maximum atomic E-state index is 11.1. The monoisotopic (exact) mass is 277 g/mol. The highest BCUT2D eigenvalue weighted by atomic mass is 16.4. The Morgan fingerprint density at radius 3 is 2.50 bits per heavy atom. The molecule has 2 rings (SSSR count). The molecule has 0 aromatic carbocycles. The van der Waals surface area contributed by atoms with Gasteiger partial charge in [-0.2, -0.15) is 0 Å². The van der Waals surface area contributed by atoms with Gasteiger partial charge < -0.3 is 10.0 Å². The average Bonchev–Trinajstić information content (AvgIpc) is 2.38. The molecular weight excluding hydrogens is 254 g/mol. The van der Waals surface area contributed by atoms with Gasteiger partial charge in [-0.15, -0.1) is 0 Å². The van der Waals surface area contributed by atoms with Crippen molar-refractivity contribution in [1.29, 1.82) is 0 Å². The Morgan fingerprint density at radius 1 is 1.30 bits per heavy atom. The first-order valence-electron chi connectivity index (χ1n) is 7.15. The van der Waals surface area contributed by atoms with Gasteiger partial charge >= 0.3 is 5.97 Å². The Balaban J connectivity index is 2.05. The number of anilines is 1. The van der Waals surface area contributed by atoms with Crippen LogP contribution in [0, 0.1) is 12.8 Å². The molecule has 1 fully saturated rings. The second-order valence-electron chi connectivity index (χ2n) is 5.84. The molecule has 1 saturated heterocycles. The predicted octanol–water partition coefficient (Wildman–Crippen LogP) is 1.87. The second kappa shape index (κ2) is 6.22. The number of hydrogen-bond acceptors (Lipinski definition) is 4. The fraction of sp³-hybridized carbons (Fsp3) is 0.600. The van der Waals surface area contributed by atoms with Crippen LogP contribution in [0.3, 0.4) is 0 Å². The molecule has 110 valence electrons. The maximum Gasteiger partial charge on any atom is 0.335 e. The van der Waals surface area contributed by atoms with Gasteiger partial charge in [-0.1, -0.05) is 13.8 Å². The van der Waals surface area contributed by atoms with E-state index in [4.69, 9.17) is 5.11 Å². The number of rotatable bonds is 4. The summed E-state index contributed by atoms with van der Waals surface area (Å²) in [4.78, 5) is 20.2. The summed E-state index contributed by atoms with van der Waals surface area (Å²) in [5, 5.41) is 9.12. The Labute approximate surface area is 120 Å². The van der Waals surface area contributed by atoms with Gasteiger partial charge in [-0.25, -0.2) is 9.78 Å². The summed E-state index contributed by atoms with van der Waals surface area (Å²) in [5.74, 6) is 0.569. The quantitative estimate of drug-likeness (QED) is 0.910.